The maximum atomic E-state index is 14.7. The number of nitrogens with one attached hydrogen (secondary N) is 3. The highest BCUT2D eigenvalue weighted by Gasteiger charge is 2.26. The van der Waals surface area contributed by atoms with Crippen LogP contribution < -0.4 is 20.7 Å². The van der Waals surface area contributed by atoms with Gasteiger partial charge in [-0.2, -0.15) is 0 Å². The van der Waals surface area contributed by atoms with E-state index in [9.17, 15) is 14.0 Å². The lowest BCUT2D eigenvalue weighted by Gasteiger charge is -2.16. The van der Waals surface area contributed by atoms with Gasteiger partial charge in [-0.05, 0) is 25.0 Å². The Balaban J connectivity index is 1.77. The van der Waals surface area contributed by atoms with Gasteiger partial charge in [0, 0.05) is 23.2 Å². The zero-order valence-electron chi connectivity index (χ0n) is 20.9. The third kappa shape index (κ3) is 4.78. The van der Waals surface area contributed by atoms with Crippen LogP contribution in [0.15, 0.2) is 24.5 Å². The molecule has 3 aromatic rings. The van der Waals surface area contributed by atoms with Crippen molar-refractivity contribution in [3.8, 4) is 29.5 Å². The van der Waals surface area contributed by atoms with Crippen LogP contribution in [-0.4, -0.2) is 56.9 Å². The first kappa shape index (κ1) is 19.0. The van der Waals surface area contributed by atoms with Crippen molar-refractivity contribution in [3.63, 3.8) is 0 Å². The average molecular weight is 467 g/mol. The lowest BCUT2D eigenvalue weighted by atomic mass is 10.1. The van der Waals surface area contributed by atoms with E-state index >= 15 is 0 Å². The van der Waals surface area contributed by atoms with Gasteiger partial charge >= 0.3 is 0 Å². The maximum absolute atomic E-state index is 14.7. The minimum atomic E-state index is -2.81. The summed E-state index contributed by atoms with van der Waals surface area (Å²) in [5, 5.41) is 19.1. The number of halogens is 1. The van der Waals surface area contributed by atoms with E-state index in [4.69, 9.17) is 15.3 Å². The third-order valence-corrected chi connectivity index (χ3v) is 4.83. The number of amides is 2. The second-order valence-corrected chi connectivity index (χ2v) is 7.32. The zero-order valence-corrected chi connectivity index (χ0v) is 17.9. The number of anilines is 2. The molecule has 174 valence electrons. The van der Waals surface area contributed by atoms with E-state index in [0.717, 1.165) is 25.0 Å². The number of hydrogen-bond acceptors (Lipinski definition) is 8. The van der Waals surface area contributed by atoms with E-state index in [1.807, 2.05) is 5.32 Å². The standard InChI is InChI=1S/C22H21FN8O3/c1-4-7-31-11-25-20(30-31)14-8-12(23)9-16(19(14)34-3)27-15-10-17(21(32)26-13-5-6-13)28-29-18(15)22(33)24-2/h1,8-11,13H,5-7H2,2-3H3,(H,24,33)(H,26,32)(H,27,28)/i2D3. The van der Waals surface area contributed by atoms with E-state index in [1.165, 1.54) is 24.2 Å². The van der Waals surface area contributed by atoms with Crippen LogP contribution in [0.1, 0.15) is 37.9 Å². The fourth-order valence-corrected chi connectivity index (χ4v) is 3.12. The predicted octanol–water partition coefficient (Wildman–Crippen LogP) is 1.51. The lowest BCUT2D eigenvalue weighted by molar-refractivity contribution is 0.0935. The van der Waals surface area contributed by atoms with E-state index in [1.54, 1.807) is 0 Å². The van der Waals surface area contributed by atoms with Crippen LogP contribution in [0.25, 0.3) is 11.4 Å². The molecular formula is C22H21FN8O3. The summed E-state index contributed by atoms with van der Waals surface area (Å²) in [6.07, 6.45) is 8.34. The molecule has 0 atom stereocenters. The van der Waals surface area contributed by atoms with Crippen LogP contribution in [0.4, 0.5) is 15.8 Å². The summed E-state index contributed by atoms with van der Waals surface area (Å²) in [7, 11) is 1.34. The number of hydrogen-bond donors (Lipinski definition) is 3. The van der Waals surface area contributed by atoms with Crippen molar-refractivity contribution in [2.75, 3.05) is 19.4 Å². The number of carbonyl (C=O) groups excluding carboxylic acids is 2. The van der Waals surface area contributed by atoms with E-state index in [-0.39, 0.29) is 46.8 Å². The fraction of sp³-hybridized carbons (Fsp3) is 0.273. The highest BCUT2D eigenvalue weighted by molar-refractivity contribution is 6.00. The van der Waals surface area contributed by atoms with Crippen molar-refractivity contribution in [2.45, 2.75) is 25.4 Å². The Morgan fingerprint density at radius 3 is 2.82 bits per heavy atom. The molecule has 1 saturated carbocycles. The highest BCUT2D eigenvalue weighted by Crippen LogP contribution is 2.38. The van der Waals surface area contributed by atoms with Gasteiger partial charge in [-0.1, -0.05) is 5.92 Å². The van der Waals surface area contributed by atoms with Gasteiger partial charge in [0.25, 0.3) is 11.8 Å². The first-order valence-electron chi connectivity index (χ1n) is 11.6. The summed E-state index contributed by atoms with van der Waals surface area (Å²) >= 11 is 0. The van der Waals surface area contributed by atoms with Gasteiger partial charge in [-0.25, -0.2) is 14.1 Å². The molecule has 12 heteroatoms. The second-order valence-electron chi connectivity index (χ2n) is 7.32. The Kier molecular flexibility index (Phi) is 5.32. The molecule has 3 N–H and O–H groups in total. The molecule has 0 radical (unpaired) electrons. The predicted molar refractivity (Wildman–Crippen MR) is 120 cm³/mol. The minimum absolute atomic E-state index is 0.0234. The normalized spacial score (nSPS) is 14.2. The molecule has 1 fully saturated rings. The third-order valence-electron chi connectivity index (χ3n) is 4.83. The summed E-state index contributed by atoms with van der Waals surface area (Å²) in [5.74, 6) is 0.313. The number of terminal acetylenes is 1. The largest absolute Gasteiger partial charge is 0.494 e. The summed E-state index contributed by atoms with van der Waals surface area (Å²) in [5.41, 5.74) is -0.495. The molecule has 1 aromatic carbocycles. The van der Waals surface area contributed by atoms with E-state index in [0.29, 0.717) is 0 Å². The van der Waals surface area contributed by atoms with E-state index in [2.05, 4.69) is 36.8 Å². The van der Waals surface area contributed by atoms with Gasteiger partial charge < -0.3 is 20.7 Å². The van der Waals surface area contributed by atoms with Crippen molar-refractivity contribution in [1.82, 2.24) is 35.6 Å². The molecule has 2 aromatic heterocycles. The first-order chi connectivity index (χ1) is 17.6. The summed E-state index contributed by atoms with van der Waals surface area (Å²) in [6, 6.07) is 3.47. The van der Waals surface area contributed by atoms with Crippen LogP contribution in [0, 0.1) is 18.2 Å². The first-order valence-corrected chi connectivity index (χ1v) is 10.1. The number of carbonyl (C=O) groups is 2. The Labute approximate surface area is 198 Å². The summed E-state index contributed by atoms with van der Waals surface area (Å²) in [6.45, 7) is -2.67. The maximum Gasteiger partial charge on any atom is 0.273 e. The summed E-state index contributed by atoms with van der Waals surface area (Å²) in [4.78, 5) is 29.3. The number of aromatic nitrogens is 5. The smallest absolute Gasteiger partial charge is 0.273 e. The van der Waals surface area contributed by atoms with Gasteiger partial charge in [-0.15, -0.1) is 21.7 Å². The van der Waals surface area contributed by atoms with Gasteiger partial charge in [-0.3, -0.25) is 9.59 Å². The van der Waals surface area contributed by atoms with Gasteiger partial charge in [0.15, 0.2) is 23.0 Å². The Morgan fingerprint density at radius 2 is 2.12 bits per heavy atom. The topological polar surface area (TPSA) is 136 Å². The van der Waals surface area contributed by atoms with Gasteiger partial charge in [0.2, 0.25) is 0 Å². The van der Waals surface area contributed by atoms with Crippen molar-refractivity contribution in [1.29, 1.82) is 0 Å². The van der Waals surface area contributed by atoms with Crippen LogP contribution in [0.3, 0.4) is 0 Å². The molecule has 11 nitrogen and oxygen atoms in total. The fourth-order valence-electron chi connectivity index (χ4n) is 3.12. The molecule has 34 heavy (non-hydrogen) atoms. The van der Waals surface area contributed by atoms with Crippen molar-refractivity contribution < 1.29 is 22.8 Å². The number of rotatable bonds is 8. The van der Waals surface area contributed by atoms with Crippen LogP contribution in [0.5, 0.6) is 5.75 Å². The molecule has 0 unspecified atom stereocenters. The summed E-state index contributed by atoms with van der Waals surface area (Å²) < 4.78 is 43.5. The minimum Gasteiger partial charge on any atom is -0.494 e. The van der Waals surface area contributed by atoms with Gasteiger partial charge in [0.1, 0.15) is 18.7 Å². The Hall–Kier alpha value is -4.53. The lowest BCUT2D eigenvalue weighted by Crippen LogP contribution is -2.28. The molecular weight excluding hydrogens is 443 g/mol. The molecule has 4 rings (SSSR count). The Morgan fingerprint density at radius 1 is 1.29 bits per heavy atom. The number of methoxy groups -OCH3 is 1. The Bertz CT molecular complexity index is 1400. The molecule has 0 bridgehead atoms. The van der Waals surface area contributed by atoms with Crippen LogP contribution >= 0.6 is 0 Å². The van der Waals surface area contributed by atoms with Crippen molar-refractivity contribution in [2.24, 2.45) is 0 Å². The molecule has 2 heterocycles. The van der Waals surface area contributed by atoms with Crippen molar-refractivity contribution >= 4 is 23.2 Å². The quantitative estimate of drug-likeness (QED) is 0.424. The molecule has 0 saturated heterocycles. The molecule has 1 aliphatic carbocycles. The van der Waals surface area contributed by atoms with E-state index < -0.39 is 30.3 Å². The highest BCUT2D eigenvalue weighted by atomic mass is 19.1. The average Bonchev–Trinajstić information content (AvgIpc) is 3.51. The van der Waals surface area contributed by atoms with Crippen LogP contribution in [-0.2, 0) is 6.54 Å². The monoisotopic (exact) mass is 467 g/mol. The zero-order chi connectivity index (χ0) is 26.7. The molecule has 2 amide bonds. The molecule has 1 aliphatic rings. The number of nitrogens with zero attached hydrogens (tertiary/aromatic N) is 5. The SMILES string of the molecule is [2H]C([2H])([2H])NC(=O)c1nnc(C(=O)NC2CC2)cc1Nc1cc(F)cc(-c2ncn(CC#C)n2)c1OC. The number of ether oxygens (including phenoxy) is 1. The van der Waals surface area contributed by atoms with Crippen LogP contribution in [0.2, 0.25) is 0 Å². The van der Waals surface area contributed by atoms with Crippen molar-refractivity contribution in [3.05, 3.63) is 41.7 Å². The molecule has 0 spiro atoms. The molecule has 0 aliphatic heterocycles. The number of benzene rings is 1. The second kappa shape index (κ2) is 9.53. The van der Waals surface area contributed by atoms with Gasteiger partial charge in [0.05, 0.1) is 24.0 Å².